The number of benzene rings is 1. The van der Waals surface area contributed by atoms with Crippen LogP contribution in [-0.4, -0.2) is 30.9 Å². The molecular weight excluding hydrogens is 212 g/mol. The first kappa shape index (κ1) is 11.7. The molecule has 0 amide bonds. The molecule has 5 heteroatoms. The summed E-state index contributed by atoms with van der Waals surface area (Å²) in [6, 6.07) is 5.64. The van der Waals surface area contributed by atoms with Gasteiger partial charge in [0.2, 0.25) is 0 Å². The molecule has 0 aliphatic carbocycles. The summed E-state index contributed by atoms with van der Waals surface area (Å²) in [4.78, 5) is 6.52. The number of hydrogen-bond donors (Lipinski definition) is 2. The number of nitrogens with zero attached hydrogens (tertiary/aromatic N) is 2. The number of amidine groups is 1. The molecule has 0 aromatic heterocycles. The van der Waals surface area contributed by atoms with E-state index in [1.54, 1.807) is 0 Å². The molecule has 4 N–H and O–H groups in total. The van der Waals surface area contributed by atoms with Crippen molar-refractivity contribution in [3.8, 4) is 0 Å². The van der Waals surface area contributed by atoms with Crippen LogP contribution < -0.4 is 11.5 Å². The largest absolute Gasteiger partial charge is 0.397 e. The molecule has 0 saturated heterocycles. The van der Waals surface area contributed by atoms with E-state index < -0.39 is 0 Å². The molecule has 0 unspecified atom stereocenters. The number of halogens is 1. The Hall–Kier alpha value is -1.42. The topological polar surface area (TPSA) is 67.6 Å². The van der Waals surface area contributed by atoms with Crippen molar-refractivity contribution in [2.45, 2.75) is 0 Å². The van der Waals surface area contributed by atoms with Gasteiger partial charge in [-0.25, -0.2) is 0 Å². The lowest BCUT2D eigenvalue weighted by Gasteiger charge is -2.14. The number of nitrogen functional groups attached to an aromatic ring is 2. The van der Waals surface area contributed by atoms with Gasteiger partial charge >= 0.3 is 0 Å². The Morgan fingerprint density at radius 3 is 2.53 bits per heavy atom. The Kier molecular flexibility index (Phi) is 3.42. The molecule has 1 aromatic carbocycles. The van der Waals surface area contributed by atoms with E-state index in [9.17, 15) is 0 Å². The van der Waals surface area contributed by atoms with E-state index in [1.165, 1.54) is 0 Å². The molecule has 0 spiro atoms. The van der Waals surface area contributed by atoms with E-state index in [0.29, 0.717) is 11.4 Å². The minimum absolute atomic E-state index is 0. The first-order valence-electron chi connectivity index (χ1n) is 4.59. The fraction of sp³-hybridized carbons (Fsp3) is 0.300. The van der Waals surface area contributed by atoms with Gasteiger partial charge in [-0.1, -0.05) is 0 Å². The van der Waals surface area contributed by atoms with Gasteiger partial charge in [0.05, 0.1) is 17.9 Å². The average molecular weight is 227 g/mol. The molecule has 0 fully saturated rings. The van der Waals surface area contributed by atoms with Crippen molar-refractivity contribution < 1.29 is 0 Å². The Bertz CT molecular complexity index is 389. The van der Waals surface area contributed by atoms with E-state index in [2.05, 4.69) is 9.89 Å². The van der Waals surface area contributed by atoms with Crippen molar-refractivity contribution in [1.29, 1.82) is 0 Å². The summed E-state index contributed by atoms with van der Waals surface area (Å²) < 4.78 is 0. The fourth-order valence-electron chi connectivity index (χ4n) is 1.56. The molecule has 0 saturated carbocycles. The number of nitrogens with two attached hydrogens (primary N) is 2. The third-order valence-corrected chi connectivity index (χ3v) is 2.40. The van der Waals surface area contributed by atoms with Crippen LogP contribution in [0, 0.1) is 0 Å². The van der Waals surface area contributed by atoms with E-state index in [4.69, 9.17) is 11.5 Å². The summed E-state index contributed by atoms with van der Waals surface area (Å²) in [5, 5.41) is 0. The zero-order valence-corrected chi connectivity index (χ0v) is 9.42. The van der Waals surface area contributed by atoms with Gasteiger partial charge in [-0.2, -0.15) is 0 Å². The SMILES string of the molecule is CN1CCN=C1c1ccc(N)c(N)c1.Cl. The van der Waals surface area contributed by atoms with Crippen LogP contribution in [0.3, 0.4) is 0 Å². The highest BCUT2D eigenvalue weighted by Crippen LogP contribution is 2.18. The van der Waals surface area contributed by atoms with E-state index in [0.717, 1.165) is 24.5 Å². The quantitative estimate of drug-likeness (QED) is 0.701. The smallest absolute Gasteiger partial charge is 0.130 e. The summed E-state index contributed by atoms with van der Waals surface area (Å²) in [5.74, 6) is 0.997. The highest BCUT2D eigenvalue weighted by atomic mass is 35.5. The van der Waals surface area contributed by atoms with Gasteiger partial charge in [0.25, 0.3) is 0 Å². The number of likely N-dealkylation sites (N-methyl/N-ethyl adjacent to an activating group) is 1. The maximum Gasteiger partial charge on any atom is 0.130 e. The maximum atomic E-state index is 5.74. The van der Waals surface area contributed by atoms with Crippen LogP contribution in [0.15, 0.2) is 23.2 Å². The summed E-state index contributed by atoms with van der Waals surface area (Å²) >= 11 is 0. The molecule has 0 bridgehead atoms. The second-order valence-corrected chi connectivity index (χ2v) is 3.47. The Morgan fingerprint density at radius 2 is 2.00 bits per heavy atom. The second kappa shape index (κ2) is 4.40. The van der Waals surface area contributed by atoms with Crippen LogP contribution in [0.1, 0.15) is 5.56 Å². The van der Waals surface area contributed by atoms with Crippen LogP contribution in [-0.2, 0) is 0 Å². The Morgan fingerprint density at radius 1 is 1.27 bits per heavy atom. The highest BCUT2D eigenvalue weighted by molar-refractivity contribution is 6.00. The summed E-state index contributed by atoms with van der Waals surface area (Å²) in [7, 11) is 2.03. The van der Waals surface area contributed by atoms with Crippen molar-refractivity contribution in [3.05, 3.63) is 23.8 Å². The molecule has 4 nitrogen and oxygen atoms in total. The molecule has 1 aromatic rings. The standard InChI is InChI=1S/C10H14N4.ClH/c1-14-5-4-13-10(14)7-2-3-8(11)9(12)6-7;/h2-3,6H,4-5,11-12H2,1H3;1H. The summed E-state index contributed by atoms with van der Waals surface area (Å²) in [6.07, 6.45) is 0. The van der Waals surface area contributed by atoms with Crippen molar-refractivity contribution >= 4 is 29.6 Å². The zero-order valence-electron chi connectivity index (χ0n) is 8.60. The van der Waals surface area contributed by atoms with Crippen LogP contribution in [0.2, 0.25) is 0 Å². The molecule has 1 aliphatic rings. The van der Waals surface area contributed by atoms with Gasteiger partial charge in [-0.15, -0.1) is 12.4 Å². The Balaban J connectivity index is 0.00000112. The summed E-state index contributed by atoms with van der Waals surface area (Å²) in [6.45, 7) is 1.83. The van der Waals surface area contributed by atoms with Gasteiger partial charge in [0.15, 0.2) is 0 Å². The van der Waals surface area contributed by atoms with Gasteiger partial charge < -0.3 is 16.4 Å². The molecule has 0 atom stereocenters. The number of hydrogen-bond acceptors (Lipinski definition) is 4. The van der Waals surface area contributed by atoms with Crippen molar-refractivity contribution in [2.24, 2.45) is 4.99 Å². The molecule has 1 heterocycles. The predicted molar refractivity (Wildman–Crippen MR) is 66.5 cm³/mol. The third kappa shape index (κ3) is 2.15. The molecule has 82 valence electrons. The third-order valence-electron chi connectivity index (χ3n) is 2.40. The van der Waals surface area contributed by atoms with Crippen molar-refractivity contribution in [1.82, 2.24) is 4.90 Å². The monoisotopic (exact) mass is 226 g/mol. The minimum Gasteiger partial charge on any atom is -0.397 e. The van der Waals surface area contributed by atoms with E-state index in [-0.39, 0.29) is 12.4 Å². The van der Waals surface area contributed by atoms with E-state index in [1.807, 2.05) is 25.2 Å². The lowest BCUT2D eigenvalue weighted by atomic mass is 10.1. The number of rotatable bonds is 1. The summed E-state index contributed by atoms with van der Waals surface area (Å²) in [5.41, 5.74) is 13.7. The van der Waals surface area contributed by atoms with Gasteiger partial charge in [0, 0.05) is 19.2 Å². The maximum absolute atomic E-state index is 5.74. The van der Waals surface area contributed by atoms with Crippen molar-refractivity contribution in [2.75, 3.05) is 31.6 Å². The highest BCUT2D eigenvalue weighted by Gasteiger charge is 2.14. The molecule has 0 radical (unpaired) electrons. The lowest BCUT2D eigenvalue weighted by molar-refractivity contribution is 0.557. The normalized spacial score (nSPS) is 14.7. The van der Waals surface area contributed by atoms with Crippen molar-refractivity contribution in [3.63, 3.8) is 0 Å². The molecule has 2 rings (SSSR count). The van der Waals surface area contributed by atoms with E-state index >= 15 is 0 Å². The van der Waals surface area contributed by atoms with Gasteiger partial charge in [-0.3, -0.25) is 4.99 Å². The minimum atomic E-state index is 0. The molecule has 1 aliphatic heterocycles. The zero-order chi connectivity index (χ0) is 10.1. The average Bonchev–Trinajstić information content (AvgIpc) is 2.57. The first-order chi connectivity index (χ1) is 6.68. The van der Waals surface area contributed by atoms with Crippen LogP contribution in [0.5, 0.6) is 0 Å². The first-order valence-corrected chi connectivity index (χ1v) is 4.59. The fourth-order valence-corrected chi connectivity index (χ4v) is 1.56. The second-order valence-electron chi connectivity index (χ2n) is 3.47. The van der Waals surface area contributed by atoms with Gasteiger partial charge in [0.1, 0.15) is 5.84 Å². The lowest BCUT2D eigenvalue weighted by Crippen LogP contribution is -2.23. The van der Waals surface area contributed by atoms with Crippen LogP contribution in [0.25, 0.3) is 0 Å². The van der Waals surface area contributed by atoms with Crippen LogP contribution in [0.4, 0.5) is 11.4 Å². The number of aliphatic imine (C=N–C) groups is 1. The number of anilines is 2. The van der Waals surface area contributed by atoms with Gasteiger partial charge in [-0.05, 0) is 18.2 Å². The molecular formula is C10H15ClN4. The van der Waals surface area contributed by atoms with Crippen LogP contribution >= 0.6 is 12.4 Å². The molecule has 15 heavy (non-hydrogen) atoms. The Labute approximate surface area is 95.4 Å². The predicted octanol–water partition coefficient (Wildman–Crippen LogP) is 0.965.